The van der Waals surface area contributed by atoms with Crippen molar-refractivity contribution in [3.05, 3.63) is 48.0 Å². The van der Waals surface area contributed by atoms with Crippen LogP contribution in [0.1, 0.15) is 57.4 Å². The van der Waals surface area contributed by atoms with E-state index in [2.05, 4.69) is 13.5 Å². The quantitative estimate of drug-likeness (QED) is 0.518. The molecule has 3 saturated carbocycles. The normalized spacial score (nSPS) is 38.9. The third-order valence-electron chi connectivity index (χ3n) is 8.93. The smallest absolute Gasteiger partial charge is 0.185 e. The van der Waals surface area contributed by atoms with Crippen molar-refractivity contribution < 1.29 is 19.7 Å². The summed E-state index contributed by atoms with van der Waals surface area (Å²) in [6.07, 6.45) is 7.12. The van der Waals surface area contributed by atoms with Gasteiger partial charge in [0.1, 0.15) is 5.78 Å². The van der Waals surface area contributed by atoms with E-state index in [4.69, 9.17) is 4.74 Å². The number of carbonyl (C=O) groups is 1. The zero-order chi connectivity index (χ0) is 21.6. The second-order valence-electron chi connectivity index (χ2n) is 9.90. The number of carbonyl (C=O) groups excluding carboxylic acids is 1. The van der Waals surface area contributed by atoms with Crippen LogP contribution in [0.15, 0.2) is 42.5 Å². The maximum absolute atomic E-state index is 14.1. The lowest BCUT2D eigenvalue weighted by Crippen LogP contribution is -2.58. The zero-order valence-corrected chi connectivity index (χ0v) is 18.4. The number of ether oxygens (including phenoxy) is 1. The lowest BCUT2D eigenvalue weighted by molar-refractivity contribution is -0.259. The molecule has 3 fully saturated rings. The first-order valence-corrected chi connectivity index (χ1v) is 11.5. The fourth-order valence-electron chi connectivity index (χ4n) is 7.43. The molecular formula is C26H36O4. The Kier molecular flexibility index (Phi) is 5.71. The number of benzene rings is 1. The monoisotopic (exact) mass is 412 g/mol. The zero-order valence-electron chi connectivity index (χ0n) is 18.4. The van der Waals surface area contributed by atoms with Crippen LogP contribution in [-0.2, 0) is 16.0 Å². The highest BCUT2D eigenvalue weighted by Crippen LogP contribution is 2.76. The van der Waals surface area contributed by atoms with Gasteiger partial charge in [0.15, 0.2) is 5.79 Å². The van der Waals surface area contributed by atoms with Crippen LogP contribution < -0.4 is 0 Å². The second-order valence-corrected chi connectivity index (χ2v) is 9.90. The molecule has 30 heavy (non-hydrogen) atoms. The highest BCUT2D eigenvalue weighted by atomic mass is 16.6. The minimum absolute atomic E-state index is 0.0587. The maximum Gasteiger partial charge on any atom is 0.185 e. The molecule has 5 unspecified atom stereocenters. The summed E-state index contributed by atoms with van der Waals surface area (Å²) < 4.78 is 5.81. The molecule has 2 bridgehead atoms. The average molecular weight is 413 g/mol. The molecule has 4 rings (SSSR count). The number of rotatable bonds is 7. The van der Waals surface area contributed by atoms with E-state index in [0.29, 0.717) is 25.2 Å². The molecule has 0 aromatic heterocycles. The lowest BCUT2D eigenvalue weighted by Gasteiger charge is -2.53. The Labute approximate surface area is 180 Å². The molecule has 0 spiro atoms. The summed E-state index contributed by atoms with van der Waals surface area (Å²) in [4.78, 5) is 14.1. The summed E-state index contributed by atoms with van der Waals surface area (Å²) in [5, 5.41) is 22.0. The predicted molar refractivity (Wildman–Crippen MR) is 117 cm³/mol. The minimum Gasteiger partial charge on any atom is -0.396 e. The van der Waals surface area contributed by atoms with Gasteiger partial charge in [-0.3, -0.25) is 4.79 Å². The molecule has 0 saturated heterocycles. The number of ketones is 1. The van der Waals surface area contributed by atoms with Gasteiger partial charge in [0.2, 0.25) is 0 Å². The molecule has 2 N–H and O–H groups in total. The third-order valence-corrected chi connectivity index (χ3v) is 8.93. The molecule has 0 amide bonds. The van der Waals surface area contributed by atoms with Gasteiger partial charge in [0, 0.05) is 31.5 Å². The van der Waals surface area contributed by atoms with Gasteiger partial charge >= 0.3 is 0 Å². The minimum atomic E-state index is -1.60. The van der Waals surface area contributed by atoms with Gasteiger partial charge in [-0.05, 0) is 43.1 Å². The molecular weight excluding hydrogens is 376 g/mol. The SMILES string of the molecule is C=C1C2C(CO)CC(C(=O)CCc3ccccc3)(C2(O)OC)C1(C)C1CCCCC1. The van der Waals surface area contributed by atoms with Crippen molar-refractivity contribution in [1.82, 2.24) is 0 Å². The van der Waals surface area contributed by atoms with E-state index >= 15 is 0 Å². The Bertz CT molecular complexity index is 799. The van der Waals surface area contributed by atoms with E-state index in [1.165, 1.54) is 13.5 Å². The second kappa shape index (κ2) is 7.89. The summed E-state index contributed by atoms with van der Waals surface area (Å²) >= 11 is 0. The first kappa shape index (κ1) is 21.7. The number of aliphatic hydroxyl groups excluding tert-OH is 1. The molecule has 164 valence electrons. The standard InChI is InChI=1S/C26H36O4/c1-18-23-20(17-27)16-25(26(23,29)30-3,24(18,2)21-12-8-5-9-13-21)22(28)15-14-19-10-6-4-7-11-19/h4,6-7,10-11,20-21,23,27,29H,1,5,8-9,12-17H2,2-3H3. The van der Waals surface area contributed by atoms with E-state index in [1.54, 1.807) is 0 Å². The van der Waals surface area contributed by atoms with Crippen LogP contribution >= 0.6 is 0 Å². The van der Waals surface area contributed by atoms with Crippen molar-refractivity contribution in [2.75, 3.05) is 13.7 Å². The van der Waals surface area contributed by atoms with Crippen LogP contribution in [0.4, 0.5) is 0 Å². The Balaban J connectivity index is 1.77. The summed E-state index contributed by atoms with van der Waals surface area (Å²) in [6.45, 7) is 6.54. The van der Waals surface area contributed by atoms with Crippen LogP contribution in [0.2, 0.25) is 0 Å². The van der Waals surface area contributed by atoms with Crippen LogP contribution in [0.3, 0.4) is 0 Å². The van der Waals surface area contributed by atoms with Crippen molar-refractivity contribution in [2.24, 2.45) is 28.6 Å². The van der Waals surface area contributed by atoms with E-state index in [0.717, 1.165) is 36.8 Å². The van der Waals surface area contributed by atoms with Crippen LogP contribution in [0, 0.1) is 28.6 Å². The average Bonchev–Trinajstić information content (AvgIpc) is 3.14. The topological polar surface area (TPSA) is 66.8 Å². The molecule has 0 radical (unpaired) electrons. The molecule has 0 aliphatic heterocycles. The summed E-state index contributed by atoms with van der Waals surface area (Å²) in [5.41, 5.74) is 0.466. The molecule has 1 aromatic rings. The van der Waals surface area contributed by atoms with Gasteiger partial charge < -0.3 is 14.9 Å². The first-order chi connectivity index (χ1) is 14.4. The number of hydrogen-bond acceptors (Lipinski definition) is 4. The fourth-order valence-corrected chi connectivity index (χ4v) is 7.43. The largest absolute Gasteiger partial charge is 0.396 e. The van der Waals surface area contributed by atoms with Gasteiger partial charge in [-0.25, -0.2) is 0 Å². The number of Topliss-reactive ketones (excluding diaryl/α,β-unsaturated/α-hetero) is 1. The van der Waals surface area contributed by atoms with Gasteiger partial charge in [-0.1, -0.05) is 68.7 Å². The van der Waals surface area contributed by atoms with Crippen LogP contribution in [-0.4, -0.2) is 35.5 Å². The molecule has 5 atom stereocenters. The van der Waals surface area contributed by atoms with Crippen molar-refractivity contribution in [2.45, 2.75) is 64.1 Å². The van der Waals surface area contributed by atoms with Crippen molar-refractivity contribution >= 4 is 5.78 Å². The third kappa shape index (κ3) is 2.73. The van der Waals surface area contributed by atoms with E-state index in [-0.39, 0.29) is 18.3 Å². The Morgan fingerprint density at radius 3 is 2.47 bits per heavy atom. The van der Waals surface area contributed by atoms with Gasteiger partial charge in [0.05, 0.1) is 5.41 Å². The number of fused-ring (bicyclic) bond motifs is 2. The lowest BCUT2D eigenvalue weighted by atomic mass is 9.50. The summed E-state index contributed by atoms with van der Waals surface area (Å²) in [7, 11) is 1.51. The molecule has 4 nitrogen and oxygen atoms in total. The Morgan fingerprint density at radius 2 is 1.87 bits per heavy atom. The number of hydrogen-bond donors (Lipinski definition) is 2. The highest BCUT2D eigenvalue weighted by molar-refractivity contribution is 5.90. The predicted octanol–water partition coefficient (Wildman–Crippen LogP) is 4.29. The Hall–Kier alpha value is -1.49. The first-order valence-electron chi connectivity index (χ1n) is 11.5. The highest BCUT2D eigenvalue weighted by Gasteiger charge is 2.81. The van der Waals surface area contributed by atoms with Gasteiger partial charge in [-0.2, -0.15) is 0 Å². The Morgan fingerprint density at radius 1 is 1.20 bits per heavy atom. The molecule has 4 heteroatoms. The summed E-state index contributed by atoms with van der Waals surface area (Å²) in [5.74, 6) is -1.83. The van der Waals surface area contributed by atoms with E-state index < -0.39 is 22.5 Å². The van der Waals surface area contributed by atoms with Crippen molar-refractivity contribution in [3.8, 4) is 0 Å². The van der Waals surface area contributed by atoms with Crippen LogP contribution in [0.5, 0.6) is 0 Å². The van der Waals surface area contributed by atoms with Gasteiger partial charge in [-0.15, -0.1) is 0 Å². The molecule has 3 aliphatic rings. The molecule has 1 aromatic carbocycles. The van der Waals surface area contributed by atoms with Crippen molar-refractivity contribution in [3.63, 3.8) is 0 Å². The maximum atomic E-state index is 14.1. The molecule has 3 aliphatic carbocycles. The van der Waals surface area contributed by atoms with Crippen molar-refractivity contribution in [1.29, 1.82) is 0 Å². The van der Waals surface area contributed by atoms with Gasteiger partial charge in [0.25, 0.3) is 0 Å². The number of aliphatic hydroxyl groups is 2. The summed E-state index contributed by atoms with van der Waals surface area (Å²) in [6, 6.07) is 10.0. The number of methoxy groups -OCH3 is 1. The number of aryl methyl sites for hydroxylation is 1. The van der Waals surface area contributed by atoms with E-state index in [1.807, 2.05) is 30.3 Å². The molecule has 0 heterocycles. The fraction of sp³-hybridized carbons (Fsp3) is 0.654. The van der Waals surface area contributed by atoms with E-state index in [9.17, 15) is 15.0 Å². The van der Waals surface area contributed by atoms with Crippen LogP contribution in [0.25, 0.3) is 0 Å².